The van der Waals surface area contributed by atoms with Crippen LogP contribution in [0.4, 0.5) is 0 Å². The van der Waals surface area contributed by atoms with Gasteiger partial charge in [0.1, 0.15) is 5.75 Å². The SMILES string of the molecule is COc1ccc(S(=O)(=O)N2CCN(C(=O)c3ccccc3C(=O)O)CC2)c(C)c1. The van der Waals surface area contributed by atoms with E-state index >= 15 is 0 Å². The van der Waals surface area contributed by atoms with Gasteiger partial charge in [0, 0.05) is 26.2 Å². The van der Waals surface area contributed by atoms with Crippen molar-refractivity contribution < 1.29 is 27.9 Å². The number of piperazine rings is 1. The highest BCUT2D eigenvalue weighted by Crippen LogP contribution is 2.25. The van der Waals surface area contributed by atoms with Crippen LogP contribution in [0.2, 0.25) is 0 Å². The van der Waals surface area contributed by atoms with Gasteiger partial charge in [-0.1, -0.05) is 12.1 Å². The predicted octanol–water partition coefficient (Wildman–Crippen LogP) is 1.85. The number of rotatable bonds is 5. The second kappa shape index (κ2) is 8.22. The molecule has 9 heteroatoms. The smallest absolute Gasteiger partial charge is 0.336 e. The second-order valence-electron chi connectivity index (χ2n) is 6.68. The summed E-state index contributed by atoms with van der Waals surface area (Å²) in [5, 5.41) is 9.28. The third kappa shape index (κ3) is 4.10. The molecule has 0 aliphatic carbocycles. The quantitative estimate of drug-likeness (QED) is 0.795. The maximum Gasteiger partial charge on any atom is 0.336 e. The Labute approximate surface area is 169 Å². The molecule has 0 aromatic heterocycles. The van der Waals surface area contributed by atoms with Gasteiger partial charge >= 0.3 is 5.97 Å². The van der Waals surface area contributed by atoms with Crippen LogP contribution < -0.4 is 4.74 Å². The number of ether oxygens (including phenoxy) is 1. The average Bonchev–Trinajstić information content (AvgIpc) is 2.72. The number of benzene rings is 2. The minimum atomic E-state index is -3.71. The zero-order valence-electron chi connectivity index (χ0n) is 16.2. The molecule has 0 bridgehead atoms. The maximum atomic E-state index is 13.0. The first kappa shape index (κ1) is 20.8. The van der Waals surface area contributed by atoms with E-state index in [0.29, 0.717) is 11.3 Å². The highest BCUT2D eigenvalue weighted by Gasteiger charge is 2.32. The lowest BCUT2D eigenvalue weighted by atomic mass is 10.1. The van der Waals surface area contributed by atoms with Crippen molar-refractivity contribution in [3.05, 3.63) is 59.2 Å². The van der Waals surface area contributed by atoms with E-state index in [2.05, 4.69) is 0 Å². The lowest BCUT2D eigenvalue weighted by Crippen LogP contribution is -2.50. The first-order chi connectivity index (χ1) is 13.8. The highest BCUT2D eigenvalue weighted by molar-refractivity contribution is 7.89. The summed E-state index contributed by atoms with van der Waals surface area (Å²) in [6.45, 7) is 2.34. The van der Waals surface area contributed by atoms with Gasteiger partial charge in [0.05, 0.1) is 23.1 Å². The van der Waals surface area contributed by atoms with Gasteiger partial charge in [-0.15, -0.1) is 0 Å². The van der Waals surface area contributed by atoms with Gasteiger partial charge in [0.25, 0.3) is 5.91 Å². The molecule has 0 spiro atoms. The number of carbonyl (C=O) groups excluding carboxylic acids is 1. The van der Waals surface area contributed by atoms with Crippen LogP contribution in [0.1, 0.15) is 26.3 Å². The Bertz CT molecular complexity index is 1040. The van der Waals surface area contributed by atoms with E-state index in [-0.39, 0.29) is 42.2 Å². The molecule has 29 heavy (non-hydrogen) atoms. The van der Waals surface area contributed by atoms with Crippen LogP contribution in [-0.2, 0) is 10.0 Å². The first-order valence-electron chi connectivity index (χ1n) is 9.02. The minimum absolute atomic E-state index is 0.0681. The van der Waals surface area contributed by atoms with Crippen LogP contribution in [0.25, 0.3) is 0 Å². The van der Waals surface area contributed by atoms with Crippen molar-refractivity contribution in [1.29, 1.82) is 0 Å². The Morgan fingerprint density at radius 1 is 1.00 bits per heavy atom. The summed E-state index contributed by atoms with van der Waals surface area (Å²) < 4.78 is 32.5. The third-order valence-electron chi connectivity index (χ3n) is 4.91. The molecule has 1 fully saturated rings. The van der Waals surface area contributed by atoms with Crippen molar-refractivity contribution >= 4 is 21.9 Å². The summed E-state index contributed by atoms with van der Waals surface area (Å²) in [4.78, 5) is 25.8. The van der Waals surface area contributed by atoms with Crippen LogP contribution in [0, 0.1) is 6.92 Å². The van der Waals surface area contributed by atoms with Crippen molar-refractivity contribution in [1.82, 2.24) is 9.21 Å². The molecule has 3 rings (SSSR count). The van der Waals surface area contributed by atoms with Crippen molar-refractivity contribution in [3.63, 3.8) is 0 Å². The van der Waals surface area contributed by atoms with Gasteiger partial charge in [0.2, 0.25) is 10.0 Å². The van der Waals surface area contributed by atoms with Crippen LogP contribution in [0.3, 0.4) is 0 Å². The molecule has 1 heterocycles. The van der Waals surface area contributed by atoms with Crippen LogP contribution in [-0.4, -0.2) is 67.9 Å². The Hall–Kier alpha value is -2.91. The normalized spacial score (nSPS) is 15.2. The van der Waals surface area contributed by atoms with Crippen LogP contribution in [0.5, 0.6) is 5.75 Å². The Morgan fingerprint density at radius 3 is 2.17 bits per heavy atom. The number of methoxy groups -OCH3 is 1. The molecule has 0 atom stereocenters. The molecular formula is C20H22N2O6S. The van der Waals surface area contributed by atoms with E-state index in [4.69, 9.17) is 4.74 Å². The van der Waals surface area contributed by atoms with Gasteiger partial charge in [-0.05, 0) is 42.8 Å². The predicted molar refractivity (Wildman–Crippen MR) is 106 cm³/mol. The molecule has 1 aliphatic rings. The minimum Gasteiger partial charge on any atom is -0.497 e. The number of aromatic carboxylic acids is 1. The Kier molecular flexibility index (Phi) is 5.90. The standard InChI is InChI=1S/C20H22N2O6S/c1-14-13-15(28-2)7-8-18(14)29(26,27)22-11-9-21(10-12-22)19(23)16-5-3-4-6-17(16)20(24)25/h3-8,13H,9-12H2,1-2H3,(H,24,25). The molecule has 1 amide bonds. The number of carbonyl (C=O) groups is 2. The summed E-state index contributed by atoms with van der Waals surface area (Å²) in [5.74, 6) is -1.01. The fraction of sp³-hybridized carbons (Fsp3) is 0.300. The topological polar surface area (TPSA) is 104 Å². The molecule has 1 N–H and O–H groups in total. The van der Waals surface area contributed by atoms with E-state index in [1.807, 2.05) is 0 Å². The molecule has 154 valence electrons. The molecule has 0 unspecified atom stereocenters. The fourth-order valence-electron chi connectivity index (χ4n) is 3.34. The number of sulfonamides is 1. The highest BCUT2D eigenvalue weighted by atomic mass is 32.2. The largest absolute Gasteiger partial charge is 0.497 e. The second-order valence-corrected chi connectivity index (χ2v) is 8.58. The zero-order valence-corrected chi connectivity index (χ0v) is 17.0. The third-order valence-corrected chi connectivity index (χ3v) is 6.97. The molecule has 8 nitrogen and oxygen atoms in total. The number of nitrogens with zero attached hydrogens (tertiary/aromatic N) is 2. The van der Waals surface area contributed by atoms with E-state index in [0.717, 1.165) is 0 Å². The van der Waals surface area contributed by atoms with Crippen LogP contribution in [0.15, 0.2) is 47.4 Å². The van der Waals surface area contributed by atoms with Crippen LogP contribution >= 0.6 is 0 Å². The van der Waals surface area contributed by atoms with E-state index in [9.17, 15) is 23.1 Å². The van der Waals surface area contributed by atoms with Crippen molar-refractivity contribution in [3.8, 4) is 5.75 Å². The first-order valence-corrected chi connectivity index (χ1v) is 10.5. The number of carboxylic acid groups (broad SMARTS) is 1. The lowest BCUT2D eigenvalue weighted by molar-refractivity contribution is 0.0656. The number of amides is 1. The van der Waals surface area contributed by atoms with Crippen molar-refractivity contribution in [2.45, 2.75) is 11.8 Å². The fourth-order valence-corrected chi connectivity index (χ4v) is 4.96. The van der Waals surface area contributed by atoms with Crippen molar-refractivity contribution in [2.75, 3.05) is 33.3 Å². The number of carboxylic acids is 1. The monoisotopic (exact) mass is 418 g/mol. The summed E-state index contributed by atoms with van der Waals surface area (Å²) in [5.41, 5.74) is 0.613. The summed E-state index contributed by atoms with van der Waals surface area (Å²) in [6.07, 6.45) is 0. The zero-order chi connectivity index (χ0) is 21.2. The number of hydrogen-bond donors (Lipinski definition) is 1. The van der Waals surface area contributed by atoms with E-state index in [1.165, 1.54) is 34.5 Å². The summed E-state index contributed by atoms with van der Waals surface area (Å²) in [7, 11) is -2.19. The molecule has 2 aromatic carbocycles. The van der Waals surface area contributed by atoms with Gasteiger partial charge in [-0.3, -0.25) is 4.79 Å². The molecule has 2 aromatic rings. The van der Waals surface area contributed by atoms with E-state index in [1.54, 1.807) is 31.2 Å². The summed E-state index contributed by atoms with van der Waals surface area (Å²) in [6, 6.07) is 10.8. The summed E-state index contributed by atoms with van der Waals surface area (Å²) >= 11 is 0. The molecule has 0 radical (unpaired) electrons. The van der Waals surface area contributed by atoms with Crippen molar-refractivity contribution in [2.24, 2.45) is 0 Å². The number of hydrogen-bond acceptors (Lipinski definition) is 5. The van der Waals surface area contributed by atoms with Gasteiger partial charge in [-0.2, -0.15) is 4.31 Å². The van der Waals surface area contributed by atoms with Gasteiger partial charge < -0.3 is 14.7 Å². The Morgan fingerprint density at radius 2 is 1.62 bits per heavy atom. The molecular weight excluding hydrogens is 396 g/mol. The average molecular weight is 418 g/mol. The van der Waals surface area contributed by atoms with E-state index < -0.39 is 21.9 Å². The lowest BCUT2D eigenvalue weighted by Gasteiger charge is -2.34. The number of aryl methyl sites for hydroxylation is 1. The molecule has 1 aliphatic heterocycles. The molecule has 0 saturated carbocycles. The Balaban J connectivity index is 1.75. The maximum absolute atomic E-state index is 13.0. The molecule has 1 saturated heterocycles. The van der Waals surface area contributed by atoms with Gasteiger partial charge in [0.15, 0.2) is 0 Å². The van der Waals surface area contributed by atoms with Gasteiger partial charge in [-0.25, -0.2) is 13.2 Å².